The van der Waals surface area contributed by atoms with E-state index in [4.69, 9.17) is 4.74 Å². The molecule has 1 N–H and O–H groups in total. The van der Waals surface area contributed by atoms with E-state index in [9.17, 15) is 9.59 Å². The lowest BCUT2D eigenvalue weighted by molar-refractivity contribution is -0.156. The smallest absolute Gasteiger partial charge is 0.319 e. The first-order valence-corrected chi connectivity index (χ1v) is 7.63. The summed E-state index contributed by atoms with van der Waals surface area (Å²) in [6.45, 7) is 11.8. The first-order chi connectivity index (χ1) is 8.84. The van der Waals surface area contributed by atoms with Crippen LogP contribution in [0.25, 0.3) is 0 Å². The number of amides is 1. The Bertz CT molecular complexity index is 310. The van der Waals surface area contributed by atoms with Gasteiger partial charge in [0.05, 0.1) is 6.61 Å². The van der Waals surface area contributed by atoms with Gasteiger partial charge in [-0.15, -0.1) is 6.58 Å². The molecule has 0 aliphatic carbocycles. The molecular formula is C14H25NO3S. The van der Waals surface area contributed by atoms with Gasteiger partial charge in [-0.2, -0.15) is 11.8 Å². The van der Waals surface area contributed by atoms with Gasteiger partial charge in [-0.1, -0.05) is 26.8 Å². The second kappa shape index (κ2) is 9.02. The van der Waals surface area contributed by atoms with Crippen LogP contribution in [0.4, 0.5) is 0 Å². The zero-order chi connectivity index (χ0) is 14.9. The van der Waals surface area contributed by atoms with E-state index in [1.54, 1.807) is 18.7 Å². The van der Waals surface area contributed by atoms with Gasteiger partial charge >= 0.3 is 5.97 Å². The summed E-state index contributed by atoms with van der Waals surface area (Å²) < 4.78 is 4.98. The van der Waals surface area contributed by atoms with Gasteiger partial charge in [0, 0.05) is 18.1 Å². The highest BCUT2D eigenvalue weighted by molar-refractivity contribution is 7.99. The third kappa shape index (κ3) is 7.25. The number of carbonyl (C=O) groups excluding carboxylic acids is 2. The molecule has 0 fully saturated rings. The molecule has 0 bridgehead atoms. The fourth-order valence-corrected chi connectivity index (χ4v) is 2.17. The molecule has 1 atom stereocenters. The van der Waals surface area contributed by atoms with Crippen molar-refractivity contribution in [1.82, 2.24) is 5.32 Å². The van der Waals surface area contributed by atoms with Crippen LogP contribution in [0.2, 0.25) is 0 Å². The molecule has 0 aromatic rings. The molecule has 0 aromatic carbocycles. The van der Waals surface area contributed by atoms with Gasteiger partial charge in [-0.25, -0.2) is 0 Å². The predicted octanol–water partition coefficient (Wildman–Crippen LogP) is 2.25. The SMILES string of the molecule is C=CCSCCNC(=O)C(C(=O)OCC)C(C)(C)C. The highest BCUT2D eigenvalue weighted by Crippen LogP contribution is 2.27. The number of carbonyl (C=O) groups is 2. The van der Waals surface area contributed by atoms with Gasteiger partial charge in [0.2, 0.25) is 5.91 Å². The molecular weight excluding hydrogens is 262 g/mol. The average molecular weight is 287 g/mol. The van der Waals surface area contributed by atoms with E-state index in [1.807, 2.05) is 26.8 Å². The van der Waals surface area contributed by atoms with Crippen molar-refractivity contribution in [3.63, 3.8) is 0 Å². The molecule has 4 nitrogen and oxygen atoms in total. The summed E-state index contributed by atoms with van der Waals surface area (Å²) in [6.07, 6.45) is 1.82. The molecule has 0 aliphatic heterocycles. The molecule has 1 amide bonds. The summed E-state index contributed by atoms with van der Waals surface area (Å²) in [5.41, 5.74) is -0.454. The number of nitrogens with one attached hydrogen (secondary N) is 1. The van der Waals surface area contributed by atoms with E-state index < -0.39 is 17.3 Å². The molecule has 0 heterocycles. The topological polar surface area (TPSA) is 55.4 Å². The van der Waals surface area contributed by atoms with Crippen molar-refractivity contribution in [1.29, 1.82) is 0 Å². The van der Waals surface area contributed by atoms with Crippen molar-refractivity contribution in [3.8, 4) is 0 Å². The Morgan fingerprint density at radius 1 is 1.42 bits per heavy atom. The average Bonchev–Trinajstić information content (AvgIpc) is 2.27. The minimum atomic E-state index is -0.767. The quantitative estimate of drug-likeness (QED) is 0.322. The Morgan fingerprint density at radius 3 is 2.53 bits per heavy atom. The highest BCUT2D eigenvalue weighted by Gasteiger charge is 2.38. The molecule has 5 heteroatoms. The lowest BCUT2D eigenvalue weighted by Gasteiger charge is -2.27. The third-order valence-corrected chi connectivity index (χ3v) is 3.40. The fraction of sp³-hybridized carbons (Fsp3) is 0.714. The lowest BCUT2D eigenvalue weighted by Crippen LogP contribution is -2.44. The van der Waals surface area contributed by atoms with E-state index in [-0.39, 0.29) is 12.5 Å². The van der Waals surface area contributed by atoms with Crippen LogP contribution < -0.4 is 5.32 Å². The molecule has 0 saturated heterocycles. The largest absolute Gasteiger partial charge is 0.465 e. The predicted molar refractivity (Wildman–Crippen MR) is 80.1 cm³/mol. The van der Waals surface area contributed by atoms with Crippen LogP contribution in [0.3, 0.4) is 0 Å². The van der Waals surface area contributed by atoms with Crippen molar-refractivity contribution in [2.75, 3.05) is 24.7 Å². The molecule has 0 radical (unpaired) electrons. The van der Waals surface area contributed by atoms with Gasteiger partial charge in [0.15, 0.2) is 0 Å². The van der Waals surface area contributed by atoms with Crippen LogP contribution in [-0.2, 0) is 14.3 Å². The summed E-state index contributed by atoms with van der Waals surface area (Å²) in [7, 11) is 0. The number of thioether (sulfide) groups is 1. The van der Waals surface area contributed by atoms with E-state index in [1.165, 1.54) is 0 Å². The van der Waals surface area contributed by atoms with Gasteiger partial charge < -0.3 is 10.1 Å². The molecule has 110 valence electrons. The Kier molecular flexibility index (Phi) is 8.56. The summed E-state index contributed by atoms with van der Waals surface area (Å²) in [5, 5.41) is 2.79. The van der Waals surface area contributed by atoms with Crippen molar-refractivity contribution < 1.29 is 14.3 Å². The number of hydrogen-bond donors (Lipinski definition) is 1. The molecule has 0 aliphatic rings. The van der Waals surface area contributed by atoms with Crippen molar-refractivity contribution in [2.24, 2.45) is 11.3 Å². The Balaban J connectivity index is 4.40. The van der Waals surface area contributed by atoms with Crippen LogP contribution in [0.15, 0.2) is 12.7 Å². The molecule has 0 saturated carbocycles. The second-order valence-corrected chi connectivity index (χ2v) is 6.36. The maximum absolute atomic E-state index is 12.1. The van der Waals surface area contributed by atoms with Crippen molar-refractivity contribution in [3.05, 3.63) is 12.7 Å². The highest BCUT2D eigenvalue weighted by atomic mass is 32.2. The van der Waals surface area contributed by atoms with Gasteiger partial charge in [0.25, 0.3) is 0 Å². The zero-order valence-corrected chi connectivity index (χ0v) is 13.1. The first-order valence-electron chi connectivity index (χ1n) is 6.47. The lowest BCUT2D eigenvalue weighted by atomic mass is 9.80. The van der Waals surface area contributed by atoms with E-state index in [0.29, 0.717) is 6.54 Å². The van der Waals surface area contributed by atoms with E-state index in [2.05, 4.69) is 11.9 Å². The molecule has 0 spiro atoms. The second-order valence-electron chi connectivity index (χ2n) is 5.21. The van der Waals surface area contributed by atoms with Gasteiger partial charge in [0.1, 0.15) is 5.92 Å². The van der Waals surface area contributed by atoms with Crippen LogP contribution in [0, 0.1) is 11.3 Å². The van der Waals surface area contributed by atoms with Crippen LogP contribution in [0.5, 0.6) is 0 Å². The Morgan fingerprint density at radius 2 is 2.05 bits per heavy atom. The maximum Gasteiger partial charge on any atom is 0.319 e. The number of ether oxygens (including phenoxy) is 1. The van der Waals surface area contributed by atoms with Gasteiger partial charge in [-0.3, -0.25) is 9.59 Å². The monoisotopic (exact) mass is 287 g/mol. The van der Waals surface area contributed by atoms with Crippen molar-refractivity contribution >= 4 is 23.6 Å². The van der Waals surface area contributed by atoms with Crippen LogP contribution >= 0.6 is 11.8 Å². The van der Waals surface area contributed by atoms with E-state index in [0.717, 1.165) is 11.5 Å². The molecule has 1 unspecified atom stereocenters. The minimum absolute atomic E-state index is 0.259. The van der Waals surface area contributed by atoms with Gasteiger partial charge in [-0.05, 0) is 12.3 Å². The molecule has 0 rings (SSSR count). The normalized spacial score (nSPS) is 12.6. The number of hydrogen-bond acceptors (Lipinski definition) is 4. The summed E-state index contributed by atoms with van der Waals surface area (Å²) >= 11 is 1.68. The Hall–Kier alpha value is -0.970. The molecule has 19 heavy (non-hydrogen) atoms. The number of esters is 1. The first kappa shape index (κ1) is 18.0. The minimum Gasteiger partial charge on any atom is -0.465 e. The Labute approximate surface area is 120 Å². The maximum atomic E-state index is 12.1. The van der Waals surface area contributed by atoms with Crippen LogP contribution in [0.1, 0.15) is 27.7 Å². The van der Waals surface area contributed by atoms with E-state index >= 15 is 0 Å². The summed E-state index contributed by atoms with van der Waals surface area (Å²) in [5.74, 6) is 0.182. The zero-order valence-electron chi connectivity index (χ0n) is 12.3. The summed E-state index contributed by atoms with van der Waals surface area (Å²) in [4.78, 5) is 24.0. The third-order valence-electron chi connectivity index (χ3n) is 2.43. The number of rotatable bonds is 8. The summed E-state index contributed by atoms with van der Waals surface area (Å²) in [6, 6.07) is 0. The standard InChI is InChI=1S/C14H25NO3S/c1-6-9-19-10-8-15-12(16)11(14(3,4)5)13(17)18-7-2/h6,11H,1,7-10H2,2-5H3,(H,15,16). The molecule has 0 aromatic heterocycles. The van der Waals surface area contributed by atoms with Crippen molar-refractivity contribution in [2.45, 2.75) is 27.7 Å². The van der Waals surface area contributed by atoms with Crippen LogP contribution in [-0.4, -0.2) is 36.5 Å². The fourth-order valence-electron chi connectivity index (χ4n) is 1.59.